The number of nitrogens with zero attached hydrogens (tertiary/aromatic N) is 1. The summed E-state index contributed by atoms with van der Waals surface area (Å²) >= 11 is 2.03. The van der Waals surface area contributed by atoms with Crippen molar-refractivity contribution in [3.8, 4) is 0 Å². The average molecular weight is 986 g/mol. The number of aliphatic carboxylic acids is 1. The normalized spacial score (nSPS) is 27.3. The summed E-state index contributed by atoms with van der Waals surface area (Å²) in [5.41, 5.74) is 16.7. The van der Waals surface area contributed by atoms with Gasteiger partial charge in [-0.2, -0.15) is 11.8 Å². The molecule has 6 amide bonds. The number of amides is 6. The third-order valence-corrected chi connectivity index (χ3v) is 13.4. The van der Waals surface area contributed by atoms with Crippen LogP contribution < -0.4 is 38.5 Å². The van der Waals surface area contributed by atoms with Gasteiger partial charge in [0.15, 0.2) is 23.1 Å². The summed E-state index contributed by atoms with van der Waals surface area (Å²) < 4.78 is 0. The molecule has 0 radical (unpaired) electrons. The molecule has 26 heteroatoms. The first-order valence-electron chi connectivity index (χ1n) is 21.5. The van der Waals surface area contributed by atoms with E-state index in [2.05, 4.69) is 31.2 Å². The fourth-order valence-corrected chi connectivity index (χ4v) is 9.30. The molecule has 2 rings (SSSR count). The fourth-order valence-electron chi connectivity index (χ4n) is 6.95. The highest BCUT2D eigenvalue weighted by Gasteiger charge is 2.37. The SMILES string of the molecule is C[C@H]1SCSC[C@@H](C(=O)O)CC(=O)C([C@@H](C)O)NC(=O)[C@H](Cc2cnc[nH]2)CC(=O)C(CO)NC(=O)[C@H](CCCCN)CC(=O)C(CO)NC(=O)[C@H](CC(N)=O)CC(=O)[C@H](CC(N)=O)NC1=O. The molecule has 0 spiro atoms. The minimum atomic E-state index is -1.70. The van der Waals surface area contributed by atoms with Gasteiger partial charge < -0.3 is 63.9 Å². The van der Waals surface area contributed by atoms with Crippen LogP contribution in [0.2, 0.25) is 0 Å². The second kappa shape index (κ2) is 29.5. The number of aromatic nitrogens is 2. The molecule has 0 saturated carbocycles. The largest absolute Gasteiger partial charge is 0.481 e. The summed E-state index contributed by atoms with van der Waals surface area (Å²) in [6, 6.07) is -6.57. The number of imidazole rings is 1. The van der Waals surface area contributed by atoms with Crippen LogP contribution in [0.3, 0.4) is 0 Å². The Kier molecular flexibility index (Phi) is 25.4. The zero-order valence-corrected chi connectivity index (χ0v) is 38.9. The summed E-state index contributed by atoms with van der Waals surface area (Å²) in [5, 5.41) is 49.8. The van der Waals surface area contributed by atoms with Crippen molar-refractivity contribution in [2.75, 3.05) is 30.6 Å². The number of unbranched alkanes of at least 4 members (excludes halogenated alkanes) is 1. The van der Waals surface area contributed by atoms with E-state index in [0.717, 1.165) is 23.5 Å². The van der Waals surface area contributed by atoms with E-state index in [1.165, 1.54) is 26.4 Å². The number of carbonyl (C=O) groups is 11. The number of carboxylic acids is 1. The van der Waals surface area contributed by atoms with Gasteiger partial charge in [0.05, 0.1) is 61.1 Å². The highest BCUT2D eigenvalue weighted by atomic mass is 32.2. The number of thioether (sulfide) groups is 2. The van der Waals surface area contributed by atoms with Crippen LogP contribution in [0.5, 0.6) is 0 Å². The number of aromatic amines is 1. The molecule has 1 aliphatic heterocycles. The number of hydrogen-bond donors (Lipinski definition) is 12. The molecular weight excluding hydrogens is 923 g/mol. The van der Waals surface area contributed by atoms with Crippen LogP contribution in [0.15, 0.2) is 12.5 Å². The summed E-state index contributed by atoms with van der Waals surface area (Å²) in [6.07, 6.45) is -2.57. The Morgan fingerprint density at radius 1 is 0.746 bits per heavy atom. The van der Waals surface area contributed by atoms with E-state index in [0.29, 0.717) is 18.5 Å². The number of nitrogens with two attached hydrogens (primary N) is 3. The Morgan fingerprint density at radius 2 is 1.28 bits per heavy atom. The molecular formula is C41H63N9O15S2. The van der Waals surface area contributed by atoms with Gasteiger partial charge in [0, 0.05) is 67.2 Å². The third kappa shape index (κ3) is 20.2. The monoisotopic (exact) mass is 985 g/mol. The van der Waals surface area contributed by atoms with Gasteiger partial charge in [-0.15, -0.1) is 11.8 Å². The maximum absolute atomic E-state index is 13.9. The smallest absolute Gasteiger partial charge is 0.307 e. The summed E-state index contributed by atoms with van der Waals surface area (Å²) in [4.78, 5) is 152. The van der Waals surface area contributed by atoms with Gasteiger partial charge in [-0.25, -0.2) is 4.98 Å². The van der Waals surface area contributed by atoms with Gasteiger partial charge >= 0.3 is 5.97 Å². The molecule has 24 nitrogen and oxygen atoms in total. The molecule has 1 fully saturated rings. The zero-order chi connectivity index (χ0) is 50.4. The number of hydrogen-bond acceptors (Lipinski definition) is 18. The molecule has 1 aromatic rings. The van der Waals surface area contributed by atoms with Crippen LogP contribution in [0.4, 0.5) is 0 Å². The number of carbonyl (C=O) groups excluding carboxylic acids is 10. The molecule has 10 atom stereocenters. The number of aliphatic hydroxyl groups is 3. The molecule has 15 N–H and O–H groups in total. The molecule has 67 heavy (non-hydrogen) atoms. The second-order valence-corrected chi connectivity index (χ2v) is 19.0. The number of H-pyrrole nitrogens is 1. The average Bonchev–Trinajstić information content (AvgIpc) is 3.78. The standard InChI is InChI=1S/C41H63N9O15S2/c1-20(53)36-33(57)11-25(41(64)65)17-66-19-67-21(2)37(60)47-27(13-35(44)59)30(54)10-24(12-34(43)58)39(62)49-28(15-51)31(55)8-22(5-3-4-6-42)38(61)48-29(16-52)32(56)9-23(40(63)50-36)7-26-14-45-18-46-26/h14,18,20-25,27-29,36,51-53H,3-13,15-17,19,42H2,1-2H3,(H2,43,58)(H2,44,59)(H,45,46)(H,47,60)(H,48,61)(H,49,62)(H,50,63)(H,64,65)/t20-,21-,22-,23-,24+,25+,27+,28?,29?,36?/m1/s1. The lowest BCUT2D eigenvalue weighted by atomic mass is 9.90. The molecule has 1 saturated heterocycles. The first-order valence-corrected chi connectivity index (χ1v) is 23.7. The highest BCUT2D eigenvalue weighted by molar-refractivity contribution is 8.16. The van der Waals surface area contributed by atoms with E-state index in [1.807, 2.05) is 0 Å². The summed E-state index contributed by atoms with van der Waals surface area (Å²) in [5.74, 6) is -16.3. The van der Waals surface area contributed by atoms with Gasteiger partial charge in [-0.05, 0) is 33.2 Å². The van der Waals surface area contributed by atoms with Gasteiger partial charge in [0.2, 0.25) is 35.4 Å². The molecule has 0 bridgehead atoms. The number of nitrogens with one attached hydrogen (secondary N) is 5. The summed E-state index contributed by atoms with van der Waals surface area (Å²) in [7, 11) is 0. The number of aliphatic hydroxyl groups excluding tert-OH is 3. The second-order valence-electron chi connectivity index (χ2n) is 16.3. The fraction of sp³-hybridized carbons (Fsp3) is 0.659. The third-order valence-electron chi connectivity index (χ3n) is 10.8. The number of ketones is 4. The first kappa shape index (κ1) is 57.8. The van der Waals surface area contributed by atoms with Gasteiger partial charge in [-0.1, -0.05) is 6.42 Å². The Hall–Kier alpha value is -5.28. The molecule has 374 valence electrons. The van der Waals surface area contributed by atoms with Crippen molar-refractivity contribution in [2.45, 2.75) is 114 Å². The quantitative estimate of drug-likeness (QED) is 0.0800. The van der Waals surface area contributed by atoms with Crippen molar-refractivity contribution in [3.63, 3.8) is 0 Å². The Bertz CT molecular complexity index is 1900. The summed E-state index contributed by atoms with van der Waals surface area (Å²) in [6.45, 7) is 0.869. The first-order chi connectivity index (χ1) is 31.6. The topological polar surface area (TPSA) is 424 Å². The van der Waals surface area contributed by atoms with Crippen molar-refractivity contribution in [1.82, 2.24) is 31.2 Å². The lowest BCUT2D eigenvalue weighted by molar-refractivity contribution is -0.143. The number of primary amides is 2. The van der Waals surface area contributed by atoms with Crippen LogP contribution in [0, 0.1) is 23.7 Å². The highest BCUT2D eigenvalue weighted by Crippen LogP contribution is 2.24. The van der Waals surface area contributed by atoms with E-state index < -0.39 is 175 Å². The van der Waals surface area contributed by atoms with Crippen LogP contribution in [-0.2, 0) is 59.2 Å². The maximum atomic E-state index is 13.9. The lowest BCUT2D eigenvalue weighted by Crippen LogP contribution is -2.52. The molecule has 0 aliphatic carbocycles. The van der Waals surface area contributed by atoms with E-state index >= 15 is 0 Å². The zero-order valence-electron chi connectivity index (χ0n) is 37.3. The van der Waals surface area contributed by atoms with Crippen molar-refractivity contribution in [2.24, 2.45) is 40.9 Å². The molecule has 3 unspecified atom stereocenters. The van der Waals surface area contributed by atoms with Gasteiger partial charge in [-0.3, -0.25) is 52.7 Å². The molecule has 0 aromatic carbocycles. The van der Waals surface area contributed by atoms with E-state index in [4.69, 9.17) is 17.2 Å². The maximum Gasteiger partial charge on any atom is 0.307 e. The van der Waals surface area contributed by atoms with Crippen molar-refractivity contribution in [3.05, 3.63) is 18.2 Å². The van der Waals surface area contributed by atoms with Crippen molar-refractivity contribution < 1.29 is 73.2 Å². The predicted octanol–water partition coefficient (Wildman–Crippen LogP) is -3.65. The van der Waals surface area contributed by atoms with Crippen molar-refractivity contribution in [1.29, 1.82) is 0 Å². The van der Waals surface area contributed by atoms with Crippen LogP contribution in [0.1, 0.15) is 77.3 Å². The minimum absolute atomic E-state index is 0.00283. The Balaban J connectivity index is 2.61. The lowest BCUT2D eigenvalue weighted by Gasteiger charge is -2.26. The minimum Gasteiger partial charge on any atom is -0.481 e. The van der Waals surface area contributed by atoms with Crippen LogP contribution >= 0.6 is 23.5 Å². The Morgan fingerprint density at radius 3 is 1.81 bits per heavy atom. The van der Waals surface area contributed by atoms with E-state index in [-0.39, 0.29) is 30.2 Å². The van der Waals surface area contributed by atoms with Crippen molar-refractivity contribution >= 4 is 88.1 Å². The van der Waals surface area contributed by atoms with E-state index in [1.54, 1.807) is 0 Å². The van der Waals surface area contributed by atoms with Gasteiger partial charge in [0.1, 0.15) is 18.1 Å². The van der Waals surface area contributed by atoms with Gasteiger partial charge in [0.25, 0.3) is 0 Å². The number of Topliss-reactive ketones (excluding diaryl/α,β-unsaturated/α-hetero) is 4. The van der Waals surface area contributed by atoms with E-state index in [9.17, 15) is 73.2 Å². The Labute approximate surface area is 394 Å². The molecule has 1 aliphatic rings. The molecule has 2 heterocycles. The molecule has 1 aromatic heterocycles. The van der Waals surface area contributed by atoms with Crippen LogP contribution in [-0.4, -0.2) is 161 Å². The number of carboxylic acid groups (broad SMARTS) is 1. The number of rotatable bonds is 14. The predicted molar refractivity (Wildman–Crippen MR) is 241 cm³/mol. The van der Waals surface area contributed by atoms with Crippen LogP contribution in [0.25, 0.3) is 0 Å².